The van der Waals surface area contributed by atoms with E-state index in [9.17, 15) is 4.79 Å². The summed E-state index contributed by atoms with van der Waals surface area (Å²) in [5, 5.41) is 0. The fraction of sp³-hybridized carbons (Fsp3) is 0.176. The Bertz CT molecular complexity index is 914. The van der Waals surface area contributed by atoms with Crippen LogP contribution >= 0.6 is 33.9 Å². The van der Waals surface area contributed by atoms with Crippen molar-refractivity contribution in [1.29, 1.82) is 0 Å². The predicted octanol–water partition coefficient (Wildman–Crippen LogP) is 3.69. The van der Waals surface area contributed by atoms with Gasteiger partial charge in [0.2, 0.25) is 0 Å². The Balaban J connectivity index is 2.11. The molecule has 0 spiro atoms. The van der Waals surface area contributed by atoms with Gasteiger partial charge in [0.25, 0.3) is 5.91 Å². The summed E-state index contributed by atoms with van der Waals surface area (Å²) in [6.07, 6.45) is 0. The van der Waals surface area contributed by atoms with Gasteiger partial charge in [-0.15, -0.1) is 0 Å². The molecular formula is C17H15IN2O2S. The smallest absolute Gasteiger partial charge is 0.280 e. The van der Waals surface area contributed by atoms with Crippen LogP contribution in [0.15, 0.2) is 53.5 Å². The standard InChI is InChI=1S/C17H15IN2O2S/c1-22-11-10-20-14-8-4-5-9-15(14)23-17(20)19-16(21)12-6-2-3-7-13(12)18/h2-9H,10-11H2,1H3/b19-17-. The number of ether oxygens (including phenoxy) is 1. The molecule has 1 amide bonds. The number of aromatic nitrogens is 1. The first-order valence-electron chi connectivity index (χ1n) is 7.11. The fourth-order valence-electron chi connectivity index (χ4n) is 2.29. The van der Waals surface area contributed by atoms with Gasteiger partial charge in [0.15, 0.2) is 4.80 Å². The van der Waals surface area contributed by atoms with E-state index in [0.29, 0.717) is 23.5 Å². The highest BCUT2D eigenvalue weighted by atomic mass is 127. The second-order valence-corrected chi connectivity index (χ2v) is 7.06. The Labute approximate surface area is 151 Å². The first-order valence-corrected chi connectivity index (χ1v) is 9.01. The van der Waals surface area contributed by atoms with Crippen LogP contribution in [0.3, 0.4) is 0 Å². The van der Waals surface area contributed by atoms with Crippen LogP contribution in [0.4, 0.5) is 0 Å². The quantitative estimate of drug-likeness (QED) is 0.584. The second kappa shape index (κ2) is 7.37. The van der Waals surface area contributed by atoms with Gasteiger partial charge in [0.1, 0.15) is 0 Å². The number of benzene rings is 2. The van der Waals surface area contributed by atoms with Gasteiger partial charge in [0, 0.05) is 17.2 Å². The number of hydrogen-bond donors (Lipinski definition) is 0. The Morgan fingerprint density at radius 2 is 1.96 bits per heavy atom. The number of rotatable bonds is 4. The van der Waals surface area contributed by atoms with Crippen molar-refractivity contribution in [2.75, 3.05) is 13.7 Å². The Morgan fingerprint density at radius 1 is 1.22 bits per heavy atom. The van der Waals surface area contributed by atoms with Gasteiger partial charge in [-0.05, 0) is 46.9 Å². The van der Waals surface area contributed by atoms with E-state index in [0.717, 1.165) is 13.8 Å². The number of methoxy groups -OCH3 is 1. The third kappa shape index (κ3) is 3.54. The minimum absolute atomic E-state index is 0.215. The highest BCUT2D eigenvalue weighted by molar-refractivity contribution is 14.1. The van der Waals surface area contributed by atoms with E-state index >= 15 is 0 Å². The van der Waals surface area contributed by atoms with Crippen molar-refractivity contribution in [3.05, 3.63) is 62.5 Å². The van der Waals surface area contributed by atoms with Crippen molar-refractivity contribution >= 4 is 50.1 Å². The summed E-state index contributed by atoms with van der Waals surface area (Å²) in [5.41, 5.74) is 1.70. The third-order valence-corrected chi connectivity index (χ3v) is 5.41. The van der Waals surface area contributed by atoms with Crippen LogP contribution in [0.1, 0.15) is 10.4 Å². The van der Waals surface area contributed by atoms with Crippen molar-refractivity contribution in [2.24, 2.45) is 4.99 Å². The molecule has 0 saturated heterocycles. The van der Waals surface area contributed by atoms with Crippen molar-refractivity contribution in [1.82, 2.24) is 4.57 Å². The maximum atomic E-state index is 12.5. The first-order chi connectivity index (χ1) is 11.2. The zero-order valence-corrected chi connectivity index (χ0v) is 15.5. The van der Waals surface area contributed by atoms with Crippen LogP contribution in [0.5, 0.6) is 0 Å². The zero-order valence-electron chi connectivity index (χ0n) is 12.5. The molecular weight excluding hydrogens is 423 g/mol. The van der Waals surface area contributed by atoms with Crippen LogP contribution in [0.2, 0.25) is 0 Å². The summed E-state index contributed by atoms with van der Waals surface area (Å²) in [7, 11) is 1.67. The highest BCUT2D eigenvalue weighted by Crippen LogP contribution is 2.17. The summed E-state index contributed by atoms with van der Waals surface area (Å²) < 4.78 is 9.24. The maximum Gasteiger partial charge on any atom is 0.280 e. The second-order valence-electron chi connectivity index (χ2n) is 4.89. The lowest BCUT2D eigenvalue weighted by Crippen LogP contribution is -2.19. The van der Waals surface area contributed by atoms with E-state index in [1.807, 2.05) is 47.0 Å². The normalized spacial score (nSPS) is 12.0. The number of hydrogen-bond acceptors (Lipinski definition) is 3. The van der Waals surface area contributed by atoms with E-state index < -0.39 is 0 Å². The van der Waals surface area contributed by atoms with Crippen LogP contribution in [-0.4, -0.2) is 24.2 Å². The molecule has 0 aliphatic carbocycles. The molecule has 0 aliphatic rings. The van der Waals surface area contributed by atoms with E-state index in [1.165, 1.54) is 11.3 Å². The number of thiazole rings is 1. The summed E-state index contributed by atoms with van der Waals surface area (Å²) in [6, 6.07) is 15.5. The van der Waals surface area contributed by atoms with E-state index in [1.54, 1.807) is 13.2 Å². The predicted molar refractivity (Wildman–Crippen MR) is 101 cm³/mol. The molecule has 0 radical (unpaired) electrons. The average molecular weight is 438 g/mol. The number of para-hydroxylation sites is 1. The number of amides is 1. The van der Waals surface area contributed by atoms with Gasteiger partial charge in [0.05, 0.1) is 22.4 Å². The molecule has 0 saturated carbocycles. The van der Waals surface area contributed by atoms with Crippen LogP contribution in [-0.2, 0) is 11.3 Å². The molecule has 0 atom stereocenters. The Morgan fingerprint density at radius 3 is 2.74 bits per heavy atom. The molecule has 6 heteroatoms. The Hall–Kier alpha value is -1.51. The SMILES string of the molecule is COCCn1/c(=N/C(=O)c2ccccc2I)sc2ccccc21. The van der Waals surface area contributed by atoms with Crippen molar-refractivity contribution in [2.45, 2.75) is 6.54 Å². The Kier molecular flexibility index (Phi) is 5.24. The minimum atomic E-state index is -0.215. The van der Waals surface area contributed by atoms with Crippen molar-refractivity contribution < 1.29 is 9.53 Å². The lowest BCUT2D eigenvalue weighted by atomic mass is 10.2. The largest absolute Gasteiger partial charge is 0.383 e. The lowest BCUT2D eigenvalue weighted by Gasteiger charge is -2.04. The zero-order chi connectivity index (χ0) is 16.2. The van der Waals surface area contributed by atoms with Gasteiger partial charge in [-0.25, -0.2) is 0 Å². The van der Waals surface area contributed by atoms with E-state index in [2.05, 4.69) is 27.6 Å². The molecule has 1 heterocycles. The van der Waals surface area contributed by atoms with Gasteiger partial charge in [-0.2, -0.15) is 4.99 Å². The molecule has 0 bridgehead atoms. The minimum Gasteiger partial charge on any atom is -0.383 e. The summed E-state index contributed by atoms with van der Waals surface area (Å²) in [6.45, 7) is 1.24. The third-order valence-electron chi connectivity index (χ3n) is 3.41. The maximum absolute atomic E-state index is 12.5. The number of nitrogens with zero attached hydrogens (tertiary/aromatic N) is 2. The average Bonchev–Trinajstić information content (AvgIpc) is 2.90. The number of carbonyl (C=O) groups excluding carboxylic acids is 1. The molecule has 3 aromatic rings. The van der Waals surface area contributed by atoms with Crippen LogP contribution in [0.25, 0.3) is 10.2 Å². The molecule has 118 valence electrons. The van der Waals surface area contributed by atoms with Crippen molar-refractivity contribution in [3.8, 4) is 0 Å². The molecule has 0 aliphatic heterocycles. The van der Waals surface area contributed by atoms with Gasteiger partial charge in [-0.1, -0.05) is 35.6 Å². The van der Waals surface area contributed by atoms with Gasteiger partial charge < -0.3 is 9.30 Å². The van der Waals surface area contributed by atoms with Gasteiger partial charge >= 0.3 is 0 Å². The van der Waals surface area contributed by atoms with Crippen LogP contribution < -0.4 is 4.80 Å². The molecule has 2 aromatic carbocycles. The monoisotopic (exact) mass is 438 g/mol. The summed E-state index contributed by atoms with van der Waals surface area (Å²) >= 11 is 3.68. The van der Waals surface area contributed by atoms with E-state index in [-0.39, 0.29) is 5.91 Å². The van der Waals surface area contributed by atoms with E-state index in [4.69, 9.17) is 4.74 Å². The highest BCUT2D eigenvalue weighted by Gasteiger charge is 2.10. The topological polar surface area (TPSA) is 43.6 Å². The van der Waals surface area contributed by atoms with Crippen LogP contribution in [0, 0.1) is 3.57 Å². The van der Waals surface area contributed by atoms with Crippen molar-refractivity contribution in [3.63, 3.8) is 0 Å². The number of halogens is 1. The van der Waals surface area contributed by atoms with Gasteiger partial charge in [-0.3, -0.25) is 4.79 Å². The molecule has 23 heavy (non-hydrogen) atoms. The molecule has 0 unspecified atom stereocenters. The number of fused-ring (bicyclic) bond motifs is 1. The number of carbonyl (C=O) groups is 1. The lowest BCUT2D eigenvalue weighted by molar-refractivity contribution is 0.0996. The molecule has 1 aromatic heterocycles. The molecule has 0 N–H and O–H groups in total. The molecule has 0 fully saturated rings. The summed E-state index contributed by atoms with van der Waals surface area (Å²) in [4.78, 5) is 17.6. The fourth-order valence-corrected chi connectivity index (χ4v) is 3.96. The first kappa shape index (κ1) is 16.4. The molecule has 4 nitrogen and oxygen atoms in total. The molecule has 3 rings (SSSR count). The summed E-state index contributed by atoms with van der Waals surface area (Å²) in [5.74, 6) is -0.215.